The molecule has 0 saturated carbocycles. The third-order valence-electron chi connectivity index (χ3n) is 5.75. The summed E-state index contributed by atoms with van der Waals surface area (Å²) < 4.78 is 0. The summed E-state index contributed by atoms with van der Waals surface area (Å²) in [6.45, 7) is 2.06. The Kier molecular flexibility index (Phi) is 5.08. The zero-order chi connectivity index (χ0) is 23.1. The summed E-state index contributed by atoms with van der Waals surface area (Å²) in [4.78, 5) is 23.6. The van der Waals surface area contributed by atoms with Crippen LogP contribution in [0.5, 0.6) is 0 Å². The van der Waals surface area contributed by atoms with Gasteiger partial charge in [0.2, 0.25) is 0 Å². The summed E-state index contributed by atoms with van der Waals surface area (Å²) in [5, 5.41) is 15.3. The smallest absolute Gasteiger partial charge is 0.253 e. The van der Waals surface area contributed by atoms with Gasteiger partial charge >= 0.3 is 0 Å². The quantitative estimate of drug-likeness (QED) is 0.347. The third-order valence-corrected chi connectivity index (χ3v) is 6.84. The van der Waals surface area contributed by atoms with Crippen molar-refractivity contribution in [1.29, 1.82) is 5.26 Å². The lowest BCUT2D eigenvalue weighted by molar-refractivity contribution is 0.0827. The average molecular weight is 452 g/mol. The number of carbonyl (C=O) groups is 1. The van der Waals surface area contributed by atoms with Gasteiger partial charge in [0.05, 0.1) is 11.3 Å². The van der Waals surface area contributed by atoms with Gasteiger partial charge in [-0.05, 0) is 54.4 Å². The van der Waals surface area contributed by atoms with E-state index >= 15 is 0 Å². The second-order valence-electron chi connectivity index (χ2n) is 8.07. The molecular formula is C26H21N5OS. The maximum Gasteiger partial charge on any atom is 0.253 e. The fraction of sp³-hybridized carbons (Fsp3) is 0.115. The Morgan fingerprint density at radius 2 is 2.00 bits per heavy atom. The number of nitrogens with one attached hydrogen (secondary N) is 2. The van der Waals surface area contributed by atoms with Crippen LogP contribution in [-0.2, 0) is 0 Å². The number of benzene rings is 2. The third kappa shape index (κ3) is 3.60. The molecule has 6 nitrogen and oxygen atoms in total. The summed E-state index contributed by atoms with van der Waals surface area (Å²) in [5.74, 6) is -0.0409. The summed E-state index contributed by atoms with van der Waals surface area (Å²) in [7, 11) is 3.49. The molecule has 5 aromatic rings. The minimum Gasteiger partial charge on any atom is -0.361 e. The highest BCUT2D eigenvalue weighted by atomic mass is 32.1. The van der Waals surface area contributed by atoms with Crippen molar-refractivity contribution in [1.82, 2.24) is 14.9 Å². The molecule has 5 rings (SSSR count). The van der Waals surface area contributed by atoms with Gasteiger partial charge in [0, 0.05) is 58.9 Å². The lowest BCUT2D eigenvalue weighted by Gasteiger charge is -2.13. The van der Waals surface area contributed by atoms with Crippen LogP contribution in [0.15, 0.2) is 60.9 Å². The van der Waals surface area contributed by atoms with Crippen molar-refractivity contribution in [3.8, 4) is 16.5 Å². The number of hydrogen-bond donors (Lipinski definition) is 2. The molecule has 2 aromatic carbocycles. The standard InChI is InChI=1S/C26H21N5OS/c1-15-19-9-10-28-22(19)8-7-21(15)30-24-18(13-27)14-29-25-20(24)12-23(33-25)16-5-4-6-17(11-16)26(32)31(2)3/h4-12,14,28H,1-3H3,(H,29,30). The Bertz CT molecular complexity index is 1570. The van der Waals surface area contributed by atoms with Crippen LogP contribution in [0.25, 0.3) is 31.6 Å². The first kappa shape index (κ1) is 20.7. The second-order valence-corrected chi connectivity index (χ2v) is 9.10. The number of carbonyl (C=O) groups excluding carboxylic acids is 1. The molecule has 0 aliphatic heterocycles. The summed E-state index contributed by atoms with van der Waals surface area (Å²) in [6, 6.07) is 18.0. The largest absolute Gasteiger partial charge is 0.361 e. The van der Waals surface area contributed by atoms with Crippen molar-refractivity contribution in [2.45, 2.75) is 6.92 Å². The van der Waals surface area contributed by atoms with Crippen LogP contribution < -0.4 is 5.32 Å². The molecule has 0 aliphatic carbocycles. The first-order valence-electron chi connectivity index (χ1n) is 10.4. The molecule has 0 bridgehead atoms. The number of H-pyrrole nitrogens is 1. The van der Waals surface area contributed by atoms with Crippen LogP contribution in [-0.4, -0.2) is 34.9 Å². The predicted molar refractivity (Wildman–Crippen MR) is 134 cm³/mol. The van der Waals surface area contributed by atoms with Crippen LogP contribution in [0.2, 0.25) is 0 Å². The van der Waals surface area contributed by atoms with E-state index in [1.165, 1.54) is 0 Å². The van der Waals surface area contributed by atoms with E-state index in [-0.39, 0.29) is 5.91 Å². The molecule has 3 heterocycles. The van der Waals surface area contributed by atoms with Gasteiger partial charge in [0.15, 0.2) is 0 Å². The van der Waals surface area contributed by atoms with E-state index in [2.05, 4.69) is 28.3 Å². The Morgan fingerprint density at radius 1 is 1.15 bits per heavy atom. The Morgan fingerprint density at radius 3 is 2.79 bits per heavy atom. The zero-order valence-corrected chi connectivity index (χ0v) is 19.2. The van der Waals surface area contributed by atoms with Gasteiger partial charge in [-0.15, -0.1) is 11.3 Å². The molecule has 2 N–H and O–H groups in total. The van der Waals surface area contributed by atoms with Crippen LogP contribution in [0.1, 0.15) is 21.5 Å². The number of nitriles is 1. The molecule has 3 aromatic heterocycles. The number of rotatable bonds is 4. The highest BCUT2D eigenvalue weighted by Gasteiger charge is 2.16. The van der Waals surface area contributed by atoms with Crippen molar-refractivity contribution >= 4 is 49.7 Å². The van der Waals surface area contributed by atoms with Gasteiger partial charge < -0.3 is 15.2 Å². The molecule has 0 aliphatic rings. The molecule has 0 unspecified atom stereocenters. The molecule has 0 spiro atoms. The topological polar surface area (TPSA) is 84.8 Å². The highest BCUT2D eigenvalue weighted by molar-refractivity contribution is 7.22. The Hall–Kier alpha value is -4.15. The van der Waals surface area contributed by atoms with E-state index in [1.54, 1.807) is 36.5 Å². The Balaban J connectivity index is 1.61. The van der Waals surface area contributed by atoms with Crippen molar-refractivity contribution in [3.63, 3.8) is 0 Å². The van der Waals surface area contributed by atoms with Crippen LogP contribution in [0.4, 0.5) is 11.4 Å². The average Bonchev–Trinajstić information content (AvgIpc) is 3.48. The van der Waals surface area contributed by atoms with Crippen molar-refractivity contribution < 1.29 is 4.79 Å². The monoisotopic (exact) mass is 451 g/mol. The maximum absolute atomic E-state index is 12.4. The Labute approximate surface area is 195 Å². The van der Waals surface area contributed by atoms with E-state index in [4.69, 9.17) is 0 Å². The van der Waals surface area contributed by atoms with Crippen molar-refractivity contribution in [2.24, 2.45) is 0 Å². The number of aromatic amines is 1. The fourth-order valence-corrected chi connectivity index (χ4v) is 4.97. The number of fused-ring (bicyclic) bond motifs is 2. The summed E-state index contributed by atoms with van der Waals surface area (Å²) >= 11 is 1.54. The zero-order valence-electron chi connectivity index (χ0n) is 18.4. The number of aromatic nitrogens is 2. The van der Waals surface area contributed by atoms with Gasteiger partial charge in [-0.1, -0.05) is 12.1 Å². The molecule has 7 heteroatoms. The molecule has 162 valence electrons. The molecule has 33 heavy (non-hydrogen) atoms. The minimum absolute atomic E-state index is 0.0409. The molecule has 0 radical (unpaired) electrons. The normalized spacial score (nSPS) is 11.0. The SMILES string of the molecule is Cc1c(Nc2c(C#N)cnc3sc(-c4cccc(C(=O)N(C)C)c4)cc23)ccc2[nH]ccc12. The second kappa shape index (κ2) is 8.08. The van der Waals surface area contributed by atoms with E-state index in [9.17, 15) is 10.1 Å². The first-order valence-corrected chi connectivity index (χ1v) is 11.3. The fourth-order valence-electron chi connectivity index (χ4n) is 3.97. The van der Waals surface area contributed by atoms with E-state index < -0.39 is 0 Å². The number of nitrogens with zero attached hydrogens (tertiary/aromatic N) is 3. The molecule has 0 fully saturated rings. The lowest BCUT2D eigenvalue weighted by Crippen LogP contribution is -2.21. The molecule has 0 atom stereocenters. The number of amides is 1. The molecule has 1 amide bonds. The lowest BCUT2D eigenvalue weighted by atomic mass is 10.1. The molecular weight excluding hydrogens is 430 g/mol. The van der Waals surface area contributed by atoms with Gasteiger partial charge in [-0.3, -0.25) is 4.79 Å². The molecule has 0 saturated heterocycles. The van der Waals surface area contributed by atoms with E-state index in [0.717, 1.165) is 48.5 Å². The maximum atomic E-state index is 12.4. The van der Waals surface area contributed by atoms with Crippen molar-refractivity contribution in [2.75, 3.05) is 19.4 Å². The number of pyridine rings is 1. The van der Waals surface area contributed by atoms with Crippen LogP contribution in [0, 0.1) is 18.3 Å². The van der Waals surface area contributed by atoms with E-state index in [1.807, 2.05) is 54.7 Å². The summed E-state index contributed by atoms with van der Waals surface area (Å²) in [6.07, 6.45) is 3.54. The minimum atomic E-state index is -0.0409. The summed E-state index contributed by atoms with van der Waals surface area (Å²) in [5.41, 5.74) is 5.92. The van der Waals surface area contributed by atoms with Gasteiger partial charge in [-0.25, -0.2) is 4.98 Å². The van der Waals surface area contributed by atoms with Crippen LogP contribution >= 0.6 is 11.3 Å². The first-order chi connectivity index (χ1) is 16.0. The number of hydrogen-bond acceptors (Lipinski definition) is 5. The van der Waals surface area contributed by atoms with E-state index in [0.29, 0.717) is 11.1 Å². The predicted octanol–water partition coefficient (Wildman–Crippen LogP) is 6.07. The van der Waals surface area contributed by atoms with Gasteiger partial charge in [0.1, 0.15) is 10.9 Å². The van der Waals surface area contributed by atoms with Crippen LogP contribution in [0.3, 0.4) is 0 Å². The highest BCUT2D eigenvalue weighted by Crippen LogP contribution is 2.39. The van der Waals surface area contributed by atoms with Crippen molar-refractivity contribution in [3.05, 3.63) is 77.6 Å². The number of anilines is 2. The van der Waals surface area contributed by atoms with Gasteiger partial charge in [0.25, 0.3) is 5.91 Å². The van der Waals surface area contributed by atoms with Gasteiger partial charge in [-0.2, -0.15) is 5.26 Å². The number of aryl methyl sites for hydroxylation is 1. The number of thiophene rings is 1.